The lowest BCUT2D eigenvalue weighted by molar-refractivity contribution is -0.143. The Morgan fingerprint density at radius 2 is 1.56 bits per heavy atom. The molecule has 0 saturated carbocycles. The summed E-state index contributed by atoms with van der Waals surface area (Å²) in [5, 5.41) is 6.52. The summed E-state index contributed by atoms with van der Waals surface area (Å²) in [5.41, 5.74) is -3.11. The number of piperidine rings is 1. The zero-order chi connectivity index (χ0) is 25.5. The average Bonchev–Trinajstić information content (AvgIpc) is 3.18. The first-order valence-electron chi connectivity index (χ1n) is 11.3. The van der Waals surface area contributed by atoms with Crippen LogP contribution in [0.2, 0.25) is 0 Å². The molecule has 2 aromatic carbocycles. The number of alkyl halides is 6. The Balaban J connectivity index is 0.00000361. The molecule has 2 aliphatic rings. The van der Waals surface area contributed by atoms with E-state index >= 15 is 0 Å². The number of halogens is 7. The van der Waals surface area contributed by atoms with Crippen molar-refractivity contribution in [1.82, 2.24) is 10.6 Å². The molecule has 11 heteroatoms. The number of benzene rings is 2. The van der Waals surface area contributed by atoms with Gasteiger partial charge in [-0.3, -0.25) is 4.79 Å². The van der Waals surface area contributed by atoms with E-state index in [0.717, 1.165) is 5.56 Å². The minimum atomic E-state index is -4.92. The van der Waals surface area contributed by atoms with Gasteiger partial charge in [-0.15, -0.1) is 12.4 Å². The van der Waals surface area contributed by atoms with Crippen LogP contribution in [0, 0.1) is 0 Å². The molecule has 198 valence electrons. The van der Waals surface area contributed by atoms with Crippen molar-refractivity contribution >= 4 is 18.3 Å². The SMILES string of the molecule is C[C@@H](OC[C@@]1(c2ccccc2)CC[C@]2(CCC(=O)N2)CN1)c1cc(C(F)(F)F)cc(C(F)(F)F)c1.Cl. The highest BCUT2D eigenvalue weighted by Crippen LogP contribution is 2.40. The third-order valence-corrected chi connectivity index (χ3v) is 7.02. The highest BCUT2D eigenvalue weighted by molar-refractivity contribution is 5.85. The maximum absolute atomic E-state index is 13.3. The van der Waals surface area contributed by atoms with Gasteiger partial charge in [-0.05, 0) is 55.5 Å². The Hall–Kier alpha value is -2.30. The van der Waals surface area contributed by atoms with Gasteiger partial charge in [0, 0.05) is 13.0 Å². The van der Waals surface area contributed by atoms with Crippen LogP contribution in [0.5, 0.6) is 0 Å². The number of rotatable bonds is 5. The van der Waals surface area contributed by atoms with Crippen molar-refractivity contribution in [3.05, 3.63) is 70.8 Å². The maximum Gasteiger partial charge on any atom is 0.416 e. The summed E-state index contributed by atoms with van der Waals surface area (Å²) in [6.07, 6.45) is -8.49. The van der Waals surface area contributed by atoms with Crippen LogP contribution in [0.15, 0.2) is 48.5 Å². The molecule has 0 aromatic heterocycles. The van der Waals surface area contributed by atoms with E-state index in [1.165, 1.54) is 6.92 Å². The predicted molar refractivity (Wildman–Crippen MR) is 124 cm³/mol. The first-order valence-corrected chi connectivity index (χ1v) is 11.3. The number of hydrogen-bond acceptors (Lipinski definition) is 3. The van der Waals surface area contributed by atoms with Gasteiger partial charge < -0.3 is 15.4 Å². The van der Waals surface area contributed by atoms with Crippen molar-refractivity contribution in [2.45, 2.75) is 62.1 Å². The van der Waals surface area contributed by atoms with Crippen LogP contribution in [0.1, 0.15) is 61.0 Å². The number of carbonyl (C=O) groups is 1. The van der Waals surface area contributed by atoms with E-state index in [1.54, 1.807) is 0 Å². The molecule has 0 aliphatic carbocycles. The van der Waals surface area contributed by atoms with Gasteiger partial charge in [-0.25, -0.2) is 0 Å². The van der Waals surface area contributed by atoms with Crippen LogP contribution in [0.25, 0.3) is 0 Å². The normalized spacial score (nSPS) is 25.4. The second kappa shape index (κ2) is 10.2. The van der Waals surface area contributed by atoms with Crippen molar-refractivity contribution in [2.24, 2.45) is 0 Å². The van der Waals surface area contributed by atoms with Crippen molar-refractivity contribution < 1.29 is 35.9 Å². The fourth-order valence-electron chi connectivity index (χ4n) is 4.85. The summed E-state index contributed by atoms with van der Waals surface area (Å²) < 4.78 is 85.6. The molecule has 4 rings (SSSR count). The largest absolute Gasteiger partial charge is 0.416 e. The first-order chi connectivity index (χ1) is 16.3. The van der Waals surface area contributed by atoms with Gasteiger partial charge in [0.25, 0.3) is 0 Å². The lowest BCUT2D eigenvalue weighted by Gasteiger charge is -2.46. The molecule has 0 radical (unpaired) electrons. The topological polar surface area (TPSA) is 50.4 Å². The van der Waals surface area contributed by atoms with Gasteiger partial charge in [0.05, 0.1) is 34.9 Å². The van der Waals surface area contributed by atoms with Gasteiger partial charge in [0.1, 0.15) is 0 Å². The number of nitrogens with one attached hydrogen (secondary N) is 2. The van der Waals surface area contributed by atoms with Crippen LogP contribution in [-0.4, -0.2) is 24.6 Å². The fraction of sp³-hybridized carbons (Fsp3) is 0.480. The van der Waals surface area contributed by atoms with Crippen molar-refractivity contribution in [2.75, 3.05) is 13.2 Å². The van der Waals surface area contributed by atoms with Gasteiger partial charge in [-0.2, -0.15) is 26.3 Å². The van der Waals surface area contributed by atoms with Crippen LogP contribution in [0.4, 0.5) is 26.3 Å². The van der Waals surface area contributed by atoms with Crippen molar-refractivity contribution in [1.29, 1.82) is 0 Å². The summed E-state index contributed by atoms with van der Waals surface area (Å²) in [6, 6.07) is 10.9. The predicted octanol–water partition coefficient (Wildman–Crippen LogP) is 6.15. The Morgan fingerprint density at radius 3 is 2.03 bits per heavy atom. The van der Waals surface area contributed by atoms with Crippen LogP contribution >= 0.6 is 12.4 Å². The number of amides is 1. The van der Waals surface area contributed by atoms with Crippen LogP contribution in [-0.2, 0) is 27.4 Å². The molecule has 1 amide bonds. The molecule has 0 bridgehead atoms. The minimum absolute atomic E-state index is 0. The zero-order valence-electron chi connectivity index (χ0n) is 19.4. The van der Waals surface area contributed by atoms with E-state index in [1.807, 2.05) is 30.3 Å². The highest BCUT2D eigenvalue weighted by atomic mass is 35.5. The Morgan fingerprint density at radius 1 is 0.944 bits per heavy atom. The molecule has 2 N–H and O–H groups in total. The van der Waals surface area contributed by atoms with E-state index in [0.29, 0.717) is 44.4 Å². The number of carbonyl (C=O) groups excluding carboxylic acids is 1. The summed E-state index contributed by atoms with van der Waals surface area (Å²) in [7, 11) is 0. The molecular weight excluding hydrogens is 510 g/mol. The Labute approximate surface area is 211 Å². The van der Waals surface area contributed by atoms with Crippen LogP contribution < -0.4 is 10.6 Å². The molecule has 2 aliphatic heterocycles. The average molecular weight is 537 g/mol. The van der Waals surface area contributed by atoms with Gasteiger partial charge in [-0.1, -0.05) is 30.3 Å². The van der Waals surface area contributed by atoms with E-state index in [-0.39, 0.29) is 42.1 Å². The summed E-state index contributed by atoms with van der Waals surface area (Å²) in [6.45, 7) is 1.95. The molecule has 1 spiro atoms. The molecule has 36 heavy (non-hydrogen) atoms. The molecule has 2 saturated heterocycles. The number of hydrogen-bond donors (Lipinski definition) is 2. The van der Waals surface area contributed by atoms with Gasteiger partial charge >= 0.3 is 12.4 Å². The van der Waals surface area contributed by atoms with E-state index in [9.17, 15) is 31.1 Å². The van der Waals surface area contributed by atoms with Crippen molar-refractivity contribution in [3.8, 4) is 0 Å². The molecule has 3 atom stereocenters. The smallest absolute Gasteiger partial charge is 0.372 e. The Bertz CT molecular complexity index is 1030. The zero-order valence-corrected chi connectivity index (χ0v) is 20.2. The summed E-state index contributed by atoms with van der Waals surface area (Å²) in [4.78, 5) is 11.8. The monoisotopic (exact) mass is 536 g/mol. The maximum atomic E-state index is 13.3. The third kappa shape index (κ3) is 5.98. The Kier molecular flexibility index (Phi) is 8.03. The summed E-state index contributed by atoms with van der Waals surface area (Å²) >= 11 is 0. The second-order valence-corrected chi connectivity index (χ2v) is 9.42. The van der Waals surface area contributed by atoms with Crippen LogP contribution in [0.3, 0.4) is 0 Å². The van der Waals surface area contributed by atoms with Gasteiger partial charge in [0.15, 0.2) is 0 Å². The minimum Gasteiger partial charge on any atom is -0.372 e. The fourth-order valence-corrected chi connectivity index (χ4v) is 4.85. The molecule has 2 heterocycles. The molecule has 4 nitrogen and oxygen atoms in total. The first kappa shape index (κ1) is 28.3. The second-order valence-electron chi connectivity index (χ2n) is 9.42. The standard InChI is InChI=1S/C25H26F6N2O2.ClH/c1-16(17-11-19(24(26,27)28)13-20(12-17)25(29,30)31)35-15-23(18-5-3-2-4-6-18)10-9-22(14-32-23)8-7-21(34)33-22;/h2-6,11-13,16,32H,7-10,14-15H2,1H3,(H,33,34);1H/t16-,22-,23-;/m1./s1. The molecule has 0 unspecified atom stereocenters. The quantitative estimate of drug-likeness (QED) is 0.451. The van der Waals surface area contributed by atoms with E-state index < -0.39 is 35.1 Å². The third-order valence-electron chi connectivity index (χ3n) is 7.02. The molecular formula is C25H27ClF6N2O2. The van der Waals surface area contributed by atoms with E-state index in [4.69, 9.17) is 4.74 Å². The highest BCUT2D eigenvalue weighted by Gasteiger charge is 2.47. The lowest BCUT2D eigenvalue weighted by Crippen LogP contribution is -2.61. The summed E-state index contributed by atoms with van der Waals surface area (Å²) in [5.74, 6) is -0.00565. The number of ether oxygens (including phenoxy) is 1. The van der Waals surface area contributed by atoms with Gasteiger partial charge in [0.2, 0.25) is 5.91 Å². The molecule has 2 fully saturated rings. The lowest BCUT2D eigenvalue weighted by atomic mass is 9.76. The van der Waals surface area contributed by atoms with Crippen molar-refractivity contribution in [3.63, 3.8) is 0 Å². The molecule has 2 aromatic rings. The van der Waals surface area contributed by atoms with E-state index in [2.05, 4.69) is 10.6 Å².